The first-order valence-corrected chi connectivity index (χ1v) is 12.8. The maximum atomic E-state index is 16.7. The summed E-state index contributed by atoms with van der Waals surface area (Å²) in [4.78, 5) is 0. The summed E-state index contributed by atoms with van der Waals surface area (Å²) in [7, 11) is 0. The van der Waals surface area contributed by atoms with Gasteiger partial charge in [-0.1, -0.05) is 107 Å². The van der Waals surface area contributed by atoms with Crippen LogP contribution in [0.4, 0.5) is 4.32 Å². The summed E-state index contributed by atoms with van der Waals surface area (Å²) in [5, 5.41) is 0. The molecule has 0 nitrogen and oxygen atoms in total. The number of benzene rings is 2. The minimum Gasteiger partial charge on any atom is -0.322 e. The maximum Gasteiger partial charge on any atom is 0.414 e. The zero-order chi connectivity index (χ0) is 24.5. The Bertz CT molecular complexity index is 843. The van der Waals surface area contributed by atoms with Crippen LogP contribution in [-0.2, 0) is 0 Å². The number of hydrogen-bond acceptors (Lipinski definition) is 0. The van der Waals surface area contributed by atoms with Crippen molar-refractivity contribution in [3.63, 3.8) is 0 Å². The molecular formula is C30H46BF. The Labute approximate surface area is 198 Å². The third kappa shape index (κ3) is 5.15. The predicted octanol–water partition coefficient (Wildman–Crippen LogP) is 8.50. The standard InChI is InChI=1S/C30H46BF/c1-17(2)23-13-15-25(29(21(9)10)27(23)19(5)6)31(32)26-16-14-24(18(3)4)28(20(7)8)30(26)22(11)12/h13-22H,1-12H3. The molecule has 0 N–H and O–H groups in total. The maximum absolute atomic E-state index is 16.7. The molecule has 0 aliphatic heterocycles. The normalized spacial score (nSPS) is 12.3. The average Bonchev–Trinajstić information content (AvgIpc) is 2.70. The van der Waals surface area contributed by atoms with Crippen molar-refractivity contribution >= 4 is 17.9 Å². The van der Waals surface area contributed by atoms with E-state index in [-0.39, 0.29) is 11.8 Å². The van der Waals surface area contributed by atoms with Gasteiger partial charge in [0.05, 0.1) is 0 Å². The van der Waals surface area contributed by atoms with Crippen LogP contribution in [0.3, 0.4) is 0 Å². The smallest absolute Gasteiger partial charge is 0.322 e. The average molecular weight is 437 g/mol. The quantitative estimate of drug-likeness (QED) is 0.364. The van der Waals surface area contributed by atoms with Crippen molar-refractivity contribution < 1.29 is 4.32 Å². The molecule has 0 bridgehead atoms. The van der Waals surface area contributed by atoms with Gasteiger partial charge in [0.2, 0.25) is 0 Å². The fourth-order valence-electron chi connectivity index (χ4n) is 5.53. The molecule has 32 heavy (non-hydrogen) atoms. The van der Waals surface area contributed by atoms with E-state index in [1.807, 2.05) is 0 Å². The first-order chi connectivity index (χ1) is 14.8. The molecule has 0 radical (unpaired) electrons. The predicted molar refractivity (Wildman–Crippen MR) is 144 cm³/mol. The van der Waals surface area contributed by atoms with Crippen LogP contribution >= 0.6 is 0 Å². The molecular weight excluding hydrogens is 390 g/mol. The van der Waals surface area contributed by atoms with E-state index >= 15 is 4.32 Å². The van der Waals surface area contributed by atoms with Crippen LogP contribution < -0.4 is 10.9 Å². The molecule has 0 saturated carbocycles. The van der Waals surface area contributed by atoms with Crippen molar-refractivity contribution in [2.45, 2.75) is 119 Å². The molecule has 0 aromatic heterocycles. The second kappa shape index (κ2) is 10.6. The van der Waals surface area contributed by atoms with E-state index in [2.05, 4.69) is 107 Å². The SMILES string of the molecule is CC(C)c1ccc(B(F)c2ccc(C(C)C)c(C(C)C)c2C(C)C)c(C(C)C)c1C(C)C. The first-order valence-electron chi connectivity index (χ1n) is 12.8. The van der Waals surface area contributed by atoms with Crippen molar-refractivity contribution in [1.29, 1.82) is 0 Å². The highest BCUT2D eigenvalue weighted by Crippen LogP contribution is 2.35. The zero-order valence-corrected chi connectivity index (χ0v) is 22.7. The van der Waals surface area contributed by atoms with Crippen LogP contribution in [0.15, 0.2) is 24.3 Å². The summed E-state index contributed by atoms with van der Waals surface area (Å²) in [5.74, 6) is 2.16. The van der Waals surface area contributed by atoms with E-state index in [0.29, 0.717) is 23.7 Å². The fourth-order valence-corrected chi connectivity index (χ4v) is 5.53. The first kappa shape index (κ1) is 26.7. The Hall–Kier alpha value is -1.57. The van der Waals surface area contributed by atoms with Gasteiger partial charge in [0, 0.05) is 0 Å². The monoisotopic (exact) mass is 436 g/mol. The van der Waals surface area contributed by atoms with Crippen LogP contribution in [0.5, 0.6) is 0 Å². The van der Waals surface area contributed by atoms with E-state index in [9.17, 15) is 0 Å². The third-order valence-electron chi connectivity index (χ3n) is 6.81. The molecule has 2 aromatic rings. The summed E-state index contributed by atoms with van der Waals surface area (Å²) < 4.78 is 16.7. The van der Waals surface area contributed by atoms with Crippen LogP contribution in [0.25, 0.3) is 0 Å². The van der Waals surface area contributed by atoms with E-state index in [1.165, 1.54) is 33.4 Å². The Morgan fingerprint density at radius 3 is 0.938 bits per heavy atom. The molecule has 0 aliphatic rings. The Morgan fingerprint density at radius 1 is 0.438 bits per heavy atom. The van der Waals surface area contributed by atoms with E-state index in [4.69, 9.17) is 0 Å². The molecule has 0 saturated heterocycles. The van der Waals surface area contributed by atoms with E-state index in [1.54, 1.807) is 0 Å². The lowest BCUT2D eigenvalue weighted by atomic mass is 9.52. The van der Waals surface area contributed by atoms with Gasteiger partial charge in [0.25, 0.3) is 0 Å². The minimum absolute atomic E-state index is 0.279. The highest BCUT2D eigenvalue weighted by Gasteiger charge is 2.32. The van der Waals surface area contributed by atoms with Crippen LogP contribution in [-0.4, -0.2) is 6.99 Å². The molecule has 0 aliphatic carbocycles. The van der Waals surface area contributed by atoms with Gasteiger partial charge in [-0.3, -0.25) is 0 Å². The Balaban J connectivity index is 2.87. The van der Waals surface area contributed by atoms with Crippen molar-refractivity contribution in [3.05, 3.63) is 57.6 Å². The van der Waals surface area contributed by atoms with E-state index in [0.717, 1.165) is 10.9 Å². The topological polar surface area (TPSA) is 0 Å². The molecule has 0 atom stereocenters. The molecule has 2 rings (SSSR count). The summed E-state index contributed by atoms with van der Waals surface area (Å²) in [6.07, 6.45) is 0. The largest absolute Gasteiger partial charge is 0.414 e. The van der Waals surface area contributed by atoms with Gasteiger partial charge in [-0.2, -0.15) is 0 Å². The van der Waals surface area contributed by atoms with Crippen molar-refractivity contribution in [1.82, 2.24) is 0 Å². The van der Waals surface area contributed by atoms with Gasteiger partial charge < -0.3 is 4.32 Å². The molecule has 0 spiro atoms. The third-order valence-corrected chi connectivity index (χ3v) is 6.81. The van der Waals surface area contributed by atoms with Crippen LogP contribution in [0.2, 0.25) is 0 Å². The molecule has 0 unspecified atom stereocenters. The zero-order valence-electron chi connectivity index (χ0n) is 22.7. The molecule has 0 heterocycles. The Morgan fingerprint density at radius 2 is 0.719 bits per heavy atom. The lowest BCUT2D eigenvalue weighted by Crippen LogP contribution is -2.44. The second-order valence-corrected chi connectivity index (χ2v) is 11.4. The fraction of sp³-hybridized carbons (Fsp3) is 0.600. The van der Waals surface area contributed by atoms with E-state index < -0.39 is 6.99 Å². The minimum atomic E-state index is -1.11. The highest BCUT2D eigenvalue weighted by atomic mass is 19.1. The van der Waals surface area contributed by atoms with Gasteiger partial charge in [0.1, 0.15) is 0 Å². The molecule has 176 valence electrons. The number of halogens is 1. The summed E-state index contributed by atoms with van der Waals surface area (Å²) in [5.41, 5.74) is 9.58. The van der Waals surface area contributed by atoms with Crippen LogP contribution in [0.1, 0.15) is 152 Å². The van der Waals surface area contributed by atoms with Crippen molar-refractivity contribution in [2.75, 3.05) is 0 Å². The summed E-state index contributed by atoms with van der Waals surface area (Å²) in [6.45, 7) is 25.7. The summed E-state index contributed by atoms with van der Waals surface area (Å²) >= 11 is 0. The molecule has 0 amide bonds. The molecule has 0 fully saturated rings. The van der Waals surface area contributed by atoms with Crippen molar-refractivity contribution in [3.8, 4) is 0 Å². The Kier molecular flexibility index (Phi) is 8.82. The van der Waals surface area contributed by atoms with Gasteiger partial charge in [0.15, 0.2) is 0 Å². The van der Waals surface area contributed by atoms with Gasteiger partial charge >= 0.3 is 6.99 Å². The number of rotatable bonds is 8. The van der Waals surface area contributed by atoms with Gasteiger partial charge in [-0.25, -0.2) is 0 Å². The van der Waals surface area contributed by atoms with Gasteiger partial charge in [-0.05, 0) is 79.8 Å². The van der Waals surface area contributed by atoms with Crippen molar-refractivity contribution in [2.24, 2.45) is 0 Å². The lowest BCUT2D eigenvalue weighted by molar-refractivity contribution is 0.746. The second-order valence-electron chi connectivity index (χ2n) is 11.4. The lowest BCUT2D eigenvalue weighted by Gasteiger charge is -2.29. The molecule has 2 aromatic carbocycles. The van der Waals surface area contributed by atoms with Gasteiger partial charge in [-0.15, -0.1) is 0 Å². The van der Waals surface area contributed by atoms with Crippen LogP contribution in [0, 0.1) is 0 Å². The molecule has 2 heteroatoms. The highest BCUT2D eigenvalue weighted by molar-refractivity contribution is 6.80. The summed E-state index contributed by atoms with van der Waals surface area (Å²) in [6, 6.07) is 8.54. The number of hydrogen-bond donors (Lipinski definition) is 0.